The second kappa shape index (κ2) is 9.25. The van der Waals surface area contributed by atoms with Crippen LogP contribution in [0.5, 0.6) is 11.5 Å². The van der Waals surface area contributed by atoms with E-state index in [0.29, 0.717) is 35.3 Å². The number of hydrogen-bond acceptors (Lipinski definition) is 5. The highest BCUT2D eigenvalue weighted by Gasteiger charge is 2.38. The molecule has 2 aromatic rings. The molecule has 0 radical (unpaired) electrons. The molecule has 1 aliphatic heterocycles. The van der Waals surface area contributed by atoms with Crippen molar-refractivity contribution in [3.8, 4) is 11.5 Å². The molecule has 0 bridgehead atoms. The third kappa shape index (κ3) is 5.27. The number of nitrogens with zero attached hydrogens (tertiary/aromatic N) is 1. The number of fused-ring (bicyclic) bond motifs is 1. The van der Waals surface area contributed by atoms with Crippen molar-refractivity contribution in [3.63, 3.8) is 0 Å². The molecule has 0 saturated carbocycles. The number of aryl methyl sites for hydroxylation is 2. The zero-order chi connectivity index (χ0) is 24.6. The first kappa shape index (κ1) is 24.9. The van der Waals surface area contributed by atoms with Crippen LogP contribution in [0.1, 0.15) is 45.2 Å². The molecule has 1 amide bonds. The van der Waals surface area contributed by atoms with Gasteiger partial charge in [0.25, 0.3) is 10.0 Å². The number of amides is 1. The number of methoxy groups -OCH3 is 1. The SMILES string of the molecule is COc1c(C)cc(S(=O)(=O)Nc2ccc3c(c2)N(CCC(C)C)C(=O)C(C)(C)CO3)cc1C. The third-order valence-electron chi connectivity index (χ3n) is 5.79. The molecule has 2 aromatic carbocycles. The number of nitrogens with one attached hydrogen (secondary N) is 1. The maximum Gasteiger partial charge on any atom is 0.261 e. The van der Waals surface area contributed by atoms with Crippen LogP contribution in [0, 0.1) is 25.2 Å². The van der Waals surface area contributed by atoms with Crippen molar-refractivity contribution in [2.45, 2.75) is 52.9 Å². The Morgan fingerprint density at radius 3 is 2.36 bits per heavy atom. The number of sulfonamides is 1. The minimum absolute atomic E-state index is 0.0386. The Hall–Kier alpha value is -2.74. The molecule has 1 aliphatic rings. The fourth-order valence-electron chi connectivity index (χ4n) is 3.92. The number of carbonyl (C=O) groups excluding carboxylic acids is 1. The van der Waals surface area contributed by atoms with Gasteiger partial charge in [0.1, 0.15) is 18.1 Å². The Morgan fingerprint density at radius 1 is 1.15 bits per heavy atom. The van der Waals surface area contributed by atoms with Gasteiger partial charge >= 0.3 is 0 Å². The number of rotatable bonds is 7. The summed E-state index contributed by atoms with van der Waals surface area (Å²) in [6, 6.07) is 8.22. The van der Waals surface area contributed by atoms with Gasteiger partial charge in [-0.2, -0.15) is 0 Å². The van der Waals surface area contributed by atoms with Crippen LogP contribution < -0.4 is 19.1 Å². The number of benzene rings is 2. The normalized spacial score (nSPS) is 15.6. The first-order chi connectivity index (χ1) is 15.4. The topological polar surface area (TPSA) is 84.9 Å². The smallest absolute Gasteiger partial charge is 0.261 e. The van der Waals surface area contributed by atoms with E-state index in [1.165, 1.54) is 0 Å². The second-order valence-corrected chi connectivity index (χ2v) is 11.4. The van der Waals surface area contributed by atoms with Crippen LogP contribution in [-0.4, -0.2) is 34.6 Å². The van der Waals surface area contributed by atoms with Gasteiger partial charge in [0.05, 0.1) is 28.8 Å². The molecular formula is C25H34N2O5S. The number of carbonyl (C=O) groups is 1. The Morgan fingerprint density at radius 2 is 1.79 bits per heavy atom. The molecule has 0 aromatic heterocycles. The molecule has 8 heteroatoms. The predicted octanol–water partition coefficient (Wildman–Crippen LogP) is 4.91. The summed E-state index contributed by atoms with van der Waals surface area (Å²) in [5, 5.41) is 0. The second-order valence-electron chi connectivity index (χ2n) is 9.69. The maximum absolute atomic E-state index is 13.3. The maximum atomic E-state index is 13.3. The number of hydrogen-bond donors (Lipinski definition) is 1. The largest absolute Gasteiger partial charge is 0.496 e. The van der Waals surface area contributed by atoms with Gasteiger partial charge in [-0.3, -0.25) is 9.52 Å². The van der Waals surface area contributed by atoms with Gasteiger partial charge in [-0.25, -0.2) is 8.42 Å². The van der Waals surface area contributed by atoms with Crippen LogP contribution in [0.3, 0.4) is 0 Å². The predicted molar refractivity (Wildman–Crippen MR) is 131 cm³/mol. The molecule has 1 N–H and O–H groups in total. The Bertz CT molecular complexity index is 1130. The Balaban J connectivity index is 1.99. The van der Waals surface area contributed by atoms with E-state index >= 15 is 0 Å². The van der Waals surface area contributed by atoms with Gasteiger partial charge in [-0.1, -0.05) is 13.8 Å². The van der Waals surface area contributed by atoms with E-state index in [2.05, 4.69) is 18.6 Å². The van der Waals surface area contributed by atoms with Crippen LogP contribution in [0.25, 0.3) is 0 Å². The average molecular weight is 475 g/mol. The van der Waals surface area contributed by atoms with Crippen molar-refractivity contribution in [1.29, 1.82) is 0 Å². The summed E-state index contributed by atoms with van der Waals surface area (Å²) in [7, 11) is -2.29. The Labute approximate surface area is 197 Å². The van der Waals surface area contributed by atoms with E-state index in [-0.39, 0.29) is 17.4 Å². The molecule has 0 aliphatic carbocycles. The first-order valence-electron chi connectivity index (χ1n) is 11.1. The first-order valence-corrected chi connectivity index (χ1v) is 12.6. The molecule has 0 fully saturated rings. The van der Waals surface area contributed by atoms with Gasteiger partial charge in [-0.05, 0) is 81.5 Å². The van der Waals surface area contributed by atoms with E-state index < -0.39 is 15.4 Å². The van der Waals surface area contributed by atoms with Crippen LogP contribution in [-0.2, 0) is 14.8 Å². The van der Waals surface area contributed by atoms with Gasteiger partial charge < -0.3 is 14.4 Å². The van der Waals surface area contributed by atoms with Crippen molar-refractivity contribution in [2.24, 2.45) is 11.3 Å². The van der Waals surface area contributed by atoms with Crippen molar-refractivity contribution in [1.82, 2.24) is 0 Å². The zero-order valence-electron chi connectivity index (χ0n) is 20.5. The van der Waals surface area contributed by atoms with E-state index in [4.69, 9.17) is 9.47 Å². The van der Waals surface area contributed by atoms with Gasteiger partial charge in [-0.15, -0.1) is 0 Å². The third-order valence-corrected chi connectivity index (χ3v) is 7.15. The minimum Gasteiger partial charge on any atom is -0.496 e. The van der Waals surface area contributed by atoms with Crippen molar-refractivity contribution >= 4 is 27.3 Å². The summed E-state index contributed by atoms with van der Waals surface area (Å²) in [5.74, 6) is 1.61. The summed E-state index contributed by atoms with van der Waals surface area (Å²) in [6.45, 7) is 12.3. The van der Waals surface area contributed by atoms with Crippen molar-refractivity contribution in [2.75, 3.05) is 29.9 Å². The lowest BCUT2D eigenvalue weighted by molar-refractivity contribution is -0.127. The molecule has 0 atom stereocenters. The lowest BCUT2D eigenvalue weighted by Gasteiger charge is -2.28. The van der Waals surface area contributed by atoms with E-state index in [0.717, 1.165) is 17.5 Å². The number of ether oxygens (including phenoxy) is 2. The lowest BCUT2D eigenvalue weighted by atomic mass is 9.92. The molecule has 0 spiro atoms. The molecular weight excluding hydrogens is 440 g/mol. The monoisotopic (exact) mass is 474 g/mol. The molecule has 3 rings (SSSR count). The average Bonchev–Trinajstić information content (AvgIpc) is 2.80. The summed E-state index contributed by atoms with van der Waals surface area (Å²) in [6.07, 6.45) is 0.821. The minimum atomic E-state index is -3.85. The van der Waals surface area contributed by atoms with Crippen LogP contribution >= 0.6 is 0 Å². The van der Waals surface area contributed by atoms with E-state index in [9.17, 15) is 13.2 Å². The molecule has 1 heterocycles. The van der Waals surface area contributed by atoms with Gasteiger partial charge in [0.15, 0.2) is 0 Å². The molecule has 33 heavy (non-hydrogen) atoms. The fourth-order valence-corrected chi connectivity index (χ4v) is 5.14. The molecule has 180 valence electrons. The lowest BCUT2D eigenvalue weighted by Crippen LogP contribution is -2.42. The van der Waals surface area contributed by atoms with Crippen molar-refractivity contribution in [3.05, 3.63) is 41.5 Å². The number of anilines is 2. The molecule has 0 unspecified atom stereocenters. The molecule has 7 nitrogen and oxygen atoms in total. The van der Waals surface area contributed by atoms with Gasteiger partial charge in [0.2, 0.25) is 5.91 Å². The summed E-state index contributed by atoms with van der Waals surface area (Å²) in [4.78, 5) is 15.2. The summed E-state index contributed by atoms with van der Waals surface area (Å²) in [5.41, 5.74) is 1.73. The van der Waals surface area contributed by atoms with Crippen LogP contribution in [0.4, 0.5) is 11.4 Å². The Kier molecular flexibility index (Phi) is 6.98. The molecule has 0 saturated heterocycles. The highest BCUT2D eigenvalue weighted by molar-refractivity contribution is 7.92. The highest BCUT2D eigenvalue weighted by Crippen LogP contribution is 2.39. The quantitative estimate of drug-likeness (QED) is 0.616. The van der Waals surface area contributed by atoms with E-state index in [1.54, 1.807) is 42.3 Å². The van der Waals surface area contributed by atoms with Crippen molar-refractivity contribution < 1.29 is 22.7 Å². The van der Waals surface area contributed by atoms with Crippen LogP contribution in [0.15, 0.2) is 35.2 Å². The zero-order valence-corrected chi connectivity index (χ0v) is 21.3. The summed E-state index contributed by atoms with van der Waals surface area (Å²) < 4.78 is 40.2. The van der Waals surface area contributed by atoms with Crippen LogP contribution in [0.2, 0.25) is 0 Å². The summed E-state index contributed by atoms with van der Waals surface area (Å²) >= 11 is 0. The highest BCUT2D eigenvalue weighted by atomic mass is 32.2. The van der Waals surface area contributed by atoms with E-state index in [1.807, 2.05) is 27.7 Å². The van der Waals surface area contributed by atoms with Gasteiger partial charge in [0, 0.05) is 6.54 Å². The fraction of sp³-hybridized carbons (Fsp3) is 0.480. The standard InChI is InChI=1S/C25H34N2O5S/c1-16(2)10-11-27-21-14-19(8-9-22(21)32-15-25(5,6)24(27)28)26-33(29,30)20-12-17(3)23(31-7)18(4)13-20/h8-9,12-14,16,26H,10-11,15H2,1-7H3.